The lowest BCUT2D eigenvalue weighted by atomic mass is 9.90. The van der Waals surface area contributed by atoms with E-state index in [4.69, 9.17) is 5.10 Å². The summed E-state index contributed by atoms with van der Waals surface area (Å²) >= 11 is 2.90. The van der Waals surface area contributed by atoms with Gasteiger partial charge in [-0.3, -0.25) is 0 Å². The Morgan fingerprint density at radius 1 is 1.10 bits per heavy atom. The van der Waals surface area contributed by atoms with Crippen LogP contribution in [-0.2, 0) is 7.05 Å². The molecule has 4 rings (SSSR count). The summed E-state index contributed by atoms with van der Waals surface area (Å²) in [5.74, 6) is 0.192. The van der Waals surface area contributed by atoms with Crippen molar-refractivity contribution in [2.75, 3.05) is 12.8 Å². The van der Waals surface area contributed by atoms with Gasteiger partial charge in [-0.15, -0.1) is 5.10 Å². The summed E-state index contributed by atoms with van der Waals surface area (Å²) in [6.07, 6.45) is 3.73. The highest BCUT2D eigenvalue weighted by atomic mass is 32.2. The lowest BCUT2D eigenvalue weighted by Gasteiger charge is -2.16. The molecule has 6 nitrogen and oxygen atoms in total. The molecule has 1 atom stereocenters. The topological polar surface area (TPSA) is 58.7 Å². The number of nitrogens with zero attached hydrogens (tertiary/aromatic N) is 6. The molecule has 8 heteroatoms. The number of hydrogen-bond donors (Lipinski definition) is 0. The van der Waals surface area contributed by atoms with Crippen LogP contribution >= 0.6 is 23.7 Å². The molecule has 0 bridgehead atoms. The monoisotopic (exact) mass is 422 g/mol. The van der Waals surface area contributed by atoms with Gasteiger partial charge in [0.2, 0.25) is 0 Å². The molecule has 2 heterocycles. The van der Waals surface area contributed by atoms with Gasteiger partial charge < -0.3 is 0 Å². The van der Waals surface area contributed by atoms with Gasteiger partial charge in [0.25, 0.3) is 0 Å². The van der Waals surface area contributed by atoms with Gasteiger partial charge in [0.1, 0.15) is 0 Å². The second-order valence-corrected chi connectivity index (χ2v) is 8.29. The summed E-state index contributed by atoms with van der Waals surface area (Å²) in [4.78, 5) is 1.53. The summed E-state index contributed by atoms with van der Waals surface area (Å²) in [5, 5.41) is 17.0. The molecule has 2 aromatic carbocycles. The predicted octanol–water partition coefficient (Wildman–Crippen LogP) is 4.35. The van der Waals surface area contributed by atoms with Crippen molar-refractivity contribution in [2.45, 2.75) is 17.9 Å². The van der Waals surface area contributed by atoms with Crippen molar-refractivity contribution in [1.29, 1.82) is 0 Å². The van der Waals surface area contributed by atoms with E-state index in [1.54, 1.807) is 25.0 Å². The molecular weight excluding hydrogens is 400 g/mol. The van der Waals surface area contributed by atoms with Crippen molar-refractivity contribution < 1.29 is 0 Å². The maximum atomic E-state index is 4.98. The molecule has 1 aliphatic heterocycles. The minimum atomic E-state index is 0.192. The first-order valence-electron chi connectivity index (χ1n) is 9.27. The Morgan fingerprint density at radius 3 is 2.52 bits per heavy atom. The zero-order valence-corrected chi connectivity index (χ0v) is 18.2. The molecule has 148 valence electrons. The third-order valence-corrected chi connectivity index (χ3v) is 6.08. The molecule has 3 aromatic rings. The van der Waals surface area contributed by atoms with Crippen LogP contribution in [0, 0.1) is 6.92 Å². The van der Waals surface area contributed by atoms with Gasteiger partial charge in [0.05, 0.1) is 18.5 Å². The number of rotatable bonds is 4. The average molecular weight is 423 g/mol. The summed E-state index contributed by atoms with van der Waals surface area (Å²) in [6, 6.07) is 19.1. The van der Waals surface area contributed by atoms with E-state index in [1.807, 2.05) is 17.3 Å². The van der Waals surface area contributed by atoms with E-state index in [9.17, 15) is 0 Å². The van der Waals surface area contributed by atoms with Crippen molar-refractivity contribution in [3.05, 3.63) is 77.5 Å². The molecular formula is C21H22N6S2. The largest absolute Gasteiger partial charge is 0.241 e. The molecule has 0 amide bonds. The SMILES string of the molecule is CSC(=NSc1cnn(C)n1)N1CC(c2ccccc2)C(c2ccc(C)cc2)=N1. The number of thioether (sulfide) groups is 1. The molecule has 0 saturated heterocycles. The summed E-state index contributed by atoms with van der Waals surface area (Å²) < 4.78 is 4.68. The van der Waals surface area contributed by atoms with E-state index >= 15 is 0 Å². The van der Waals surface area contributed by atoms with Crippen molar-refractivity contribution >= 4 is 34.6 Å². The van der Waals surface area contributed by atoms with Crippen molar-refractivity contribution in [2.24, 2.45) is 16.5 Å². The van der Waals surface area contributed by atoms with Crippen LogP contribution in [0.1, 0.15) is 22.6 Å². The van der Waals surface area contributed by atoms with Crippen LogP contribution in [0.25, 0.3) is 0 Å². The minimum Gasteiger partial charge on any atom is -0.241 e. The first-order valence-corrected chi connectivity index (χ1v) is 11.3. The quantitative estimate of drug-likeness (QED) is 0.355. The number of benzene rings is 2. The average Bonchev–Trinajstić information content (AvgIpc) is 3.36. The molecule has 0 fully saturated rings. The number of amidine groups is 1. The van der Waals surface area contributed by atoms with Crippen LogP contribution < -0.4 is 0 Å². The Kier molecular flexibility index (Phi) is 6.01. The Bertz CT molecular complexity index is 1030. The van der Waals surface area contributed by atoms with Crippen LogP contribution in [0.15, 0.2) is 75.3 Å². The third-order valence-electron chi connectivity index (χ3n) is 4.66. The first kappa shape index (κ1) is 19.7. The molecule has 29 heavy (non-hydrogen) atoms. The first-order chi connectivity index (χ1) is 14.1. The zero-order valence-electron chi connectivity index (χ0n) is 16.6. The fraction of sp³-hybridized carbons (Fsp3) is 0.238. The van der Waals surface area contributed by atoms with Crippen molar-refractivity contribution in [3.63, 3.8) is 0 Å². The van der Waals surface area contributed by atoms with Crippen LogP contribution in [-0.4, -0.2) is 43.7 Å². The number of hydrazone groups is 1. The van der Waals surface area contributed by atoms with E-state index < -0.39 is 0 Å². The fourth-order valence-corrected chi connectivity index (χ4v) is 4.45. The minimum absolute atomic E-state index is 0.192. The van der Waals surface area contributed by atoms with E-state index in [0.717, 1.165) is 28.0 Å². The van der Waals surface area contributed by atoms with Gasteiger partial charge >= 0.3 is 0 Å². The Balaban J connectivity index is 1.65. The van der Waals surface area contributed by atoms with E-state index in [0.29, 0.717) is 0 Å². The molecule has 0 aliphatic carbocycles. The summed E-state index contributed by atoms with van der Waals surface area (Å²) in [6.45, 7) is 2.86. The Morgan fingerprint density at radius 2 is 1.86 bits per heavy atom. The fourth-order valence-electron chi connectivity index (χ4n) is 3.20. The number of aromatic nitrogens is 3. The highest BCUT2D eigenvalue weighted by Crippen LogP contribution is 2.31. The highest BCUT2D eigenvalue weighted by Gasteiger charge is 2.31. The zero-order chi connectivity index (χ0) is 20.2. The summed E-state index contributed by atoms with van der Waals surface area (Å²) in [5.41, 5.74) is 4.72. The van der Waals surface area contributed by atoms with Crippen LogP contribution in [0.4, 0.5) is 0 Å². The van der Waals surface area contributed by atoms with Gasteiger partial charge in [-0.2, -0.15) is 19.4 Å². The van der Waals surface area contributed by atoms with E-state index in [-0.39, 0.29) is 5.92 Å². The third kappa shape index (κ3) is 4.54. The summed E-state index contributed by atoms with van der Waals surface area (Å²) in [7, 11) is 1.80. The standard InChI is InChI=1S/C21H22N6S2/c1-15-9-11-17(12-10-15)20-18(16-7-5-4-6-8-16)14-27(24-20)21(28-3)25-29-19-13-22-26(2)23-19/h4-13,18H,14H2,1-3H3. The predicted molar refractivity (Wildman–Crippen MR) is 121 cm³/mol. The molecule has 1 unspecified atom stereocenters. The number of hydrogen-bond acceptors (Lipinski definition) is 6. The molecule has 0 saturated carbocycles. The van der Waals surface area contributed by atoms with Crippen LogP contribution in [0.3, 0.4) is 0 Å². The van der Waals surface area contributed by atoms with Gasteiger partial charge in [0, 0.05) is 24.9 Å². The van der Waals surface area contributed by atoms with Gasteiger partial charge in [0.15, 0.2) is 10.2 Å². The lowest BCUT2D eigenvalue weighted by Crippen LogP contribution is -2.23. The maximum Gasteiger partial charge on any atom is 0.191 e. The molecule has 1 aromatic heterocycles. The van der Waals surface area contributed by atoms with Crippen LogP contribution in [0.2, 0.25) is 0 Å². The van der Waals surface area contributed by atoms with Crippen molar-refractivity contribution in [3.8, 4) is 0 Å². The lowest BCUT2D eigenvalue weighted by molar-refractivity contribution is 0.485. The highest BCUT2D eigenvalue weighted by molar-refractivity contribution is 8.14. The van der Waals surface area contributed by atoms with E-state index in [1.165, 1.54) is 27.9 Å². The smallest absolute Gasteiger partial charge is 0.191 e. The second-order valence-electron chi connectivity index (χ2n) is 6.74. The van der Waals surface area contributed by atoms with Gasteiger partial charge in [-0.25, -0.2) is 5.01 Å². The Labute approximate surface area is 179 Å². The van der Waals surface area contributed by atoms with Crippen molar-refractivity contribution in [1.82, 2.24) is 20.0 Å². The maximum absolute atomic E-state index is 4.98. The van der Waals surface area contributed by atoms with Gasteiger partial charge in [-0.1, -0.05) is 71.9 Å². The molecule has 0 spiro atoms. The second kappa shape index (κ2) is 8.84. The van der Waals surface area contributed by atoms with Gasteiger partial charge in [-0.05, 0) is 24.3 Å². The molecule has 1 aliphatic rings. The normalized spacial score (nSPS) is 16.9. The number of aryl methyl sites for hydroxylation is 2. The molecule has 0 N–H and O–H groups in total. The van der Waals surface area contributed by atoms with E-state index in [2.05, 4.69) is 70.0 Å². The Hall–Kier alpha value is -2.58. The van der Waals surface area contributed by atoms with Crippen LogP contribution in [0.5, 0.6) is 0 Å². The molecule has 0 radical (unpaired) electrons.